The molecule has 0 saturated carbocycles. The van der Waals surface area contributed by atoms with E-state index in [4.69, 9.17) is 5.11 Å². The second-order valence-corrected chi connectivity index (χ2v) is 6.18. The van der Waals surface area contributed by atoms with Gasteiger partial charge in [-0.15, -0.1) is 0 Å². The number of benzene rings is 1. The van der Waals surface area contributed by atoms with Gasteiger partial charge in [0.25, 0.3) is 0 Å². The highest BCUT2D eigenvalue weighted by molar-refractivity contribution is 5.96. The van der Waals surface area contributed by atoms with Gasteiger partial charge in [-0.3, -0.25) is 9.59 Å². The van der Waals surface area contributed by atoms with Crippen LogP contribution in [0.4, 0.5) is 5.69 Å². The Morgan fingerprint density at radius 3 is 2.86 bits per heavy atom. The standard InChI is InChI=1S/C16H22N2O3/c1-16(2,10-19)18-14(20)8-7-12-9-11-5-3-4-6-13(11)17-15(12)21/h3-6,12,19H,7-10H2,1-2H3,(H,17,21)(H,18,20). The third-order valence-electron chi connectivity index (χ3n) is 3.71. The first-order valence-electron chi connectivity index (χ1n) is 7.22. The summed E-state index contributed by atoms with van der Waals surface area (Å²) >= 11 is 0. The summed E-state index contributed by atoms with van der Waals surface area (Å²) in [4.78, 5) is 23.9. The predicted octanol–water partition coefficient (Wildman–Crippen LogP) is 1.46. The van der Waals surface area contributed by atoms with Crippen LogP contribution in [0.25, 0.3) is 0 Å². The molecule has 5 heteroatoms. The average Bonchev–Trinajstić information content (AvgIpc) is 2.44. The van der Waals surface area contributed by atoms with E-state index in [2.05, 4.69) is 10.6 Å². The highest BCUT2D eigenvalue weighted by Crippen LogP contribution is 2.27. The van der Waals surface area contributed by atoms with Crippen LogP contribution in [0.3, 0.4) is 0 Å². The predicted molar refractivity (Wildman–Crippen MR) is 80.8 cm³/mol. The largest absolute Gasteiger partial charge is 0.394 e. The van der Waals surface area contributed by atoms with Gasteiger partial charge < -0.3 is 15.7 Å². The molecule has 0 bridgehead atoms. The van der Waals surface area contributed by atoms with Crippen molar-refractivity contribution in [2.75, 3.05) is 11.9 Å². The zero-order chi connectivity index (χ0) is 15.5. The maximum Gasteiger partial charge on any atom is 0.227 e. The van der Waals surface area contributed by atoms with Crippen LogP contribution < -0.4 is 10.6 Å². The first kappa shape index (κ1) is 15.5. The van der Waals surface area contributed by atoms with E-state index in [-0.39, 0.29) is 30.8 Å². The molecular formula is C16H22N2O3. The van der Waals surface area contributed by atoms with Crippen LogP contribution in [-0.4, -0.2) is 29.1 Å². The normalized spacial score (nSPS) is 17.9. The lowest BCUT2D eigenvalue weighted by Crippen LogP contribution is -2.46. The Kier molecular flexibility index (Phi) is 4.63. The van der Waals surface area contributed by atoms with E-state index >= 15 is 0 Å². The third kappa shape index (κ3) is 4.04. The number of hydrogen-bond donors (Lipinski definition) is 3. The fourth-order valence-electron chi connectivity index (χ4n) is 2.43. The van der Waals surface area contributed by atoms with Crippen molar-refractivity contribution in [1.29, 1.82) is 0 Å². The molecular weight excluding hydrogens is 268 g/mol. The number of aliphatic hydroxyl groups excluding tert-OH is 1. The van der Waals surface area contributed by atoms with Gasteiger partial charge in [0, 0.05) is 18.0 Å². The Hall–Kier alpha value is -1.88. The van der Waals surface area contributed by atoms with Crippen molar-refractivity contribution in [1.82, 2.24) is 5.32 Å². The quantitative estimate of drug-likeness (QED) is 0.768. The van der Waals surface area contributed by atoms with Gasteiger partial charge in [-0.05, 0) is 38.3 Å². The van der Waals surface area contributed by atoms with Gasteiger partial charge >= 0.3 is 0 Å². The summed E-state index contributed by atoms with van der Waals surface area (Å²) in [5.74, 6) is -0.341. The molecule has 1 heterocycles. The van der Waals surface area contributed by atoms with Crippen LogP contribution in [0.1, 0.15) is 32.3 Å². The molecule has 1 aliphatic heterocycles. The summed E-state index contributed by atoms with van der Waals surface area (Å²) in [7, 11) is 0. The van der Waals surface area contributed by atoms with Crippen molar-refractivity contribution in [2.24, 2.45) is 5.92 Å². The lowest BCUT2D eigenvalue weighted by atomic mass is 9.89. The van der Waals surface area contributed by atoms with Gasteiger partial charge in [0.15, 0.2) is 0 Å². The SMILES string of the molecule is CC(C)(CO)NC(=O)CCC1Cc2ccccc2NC1=O. The maximum atomic E-state index is 12.0. The molecule has 21 heavy (non-hydrogen) atoms. The molecule has 0 radical (unpaired) electrons. The second-order valence-electron chi connectivity index (χ2n) is 6.18. The van der Waals surface area contributed by atoms with Crippen LogP contribution >= 0.6 is 0 Å². The Morgan fingerprint density at radius 1 is 1.43 bits per heavy atom. The van der Waals surface area contributed by atoms with E-state index in [1.165, 1.54) is 0 Å². The molecule has 0 aliphatic carbocycles. The second kappa shape index (κ2) is 6.26. The minimum absolute atomic E-state index is 0.0251. The smallest absolute Gasteiger partial charge is 0.227 e. The zero-order valence-corrected chi connectivity index (χ0v) is 12.5. The van der Waals surface area contributed by atoms with Gasteiger partial charge in [0.2, 0.25) is 11.8 Å². The van der Waals surface area contributed by atoms with Crippen molar-refractivity contribution >= 4 is 17.5 Å². The molecule has 1 aromatic rings. The summed E-state index contributed by atoms with van der Waals surface area (Å²) in [5, 5.41) is 14.8. The lowest BCUT2D eigenvalue weighted by molar-refractivity contribution is -0.124. The van der Waals surface area contributed by atoms with E-state index in [0.29, 0.717) is 12.8 Å². The Balaban J connectivity index is 1.90. The summed E-state index contributed by atoms with van der Waals surface area (Å²) < 4.78 is 0. The molecule has 1 unspecified atom stereocenters. The highest BCUT2D eigenvalue weighted by atomic mass is 16.3. The first-order chi connectivity index (χ1) is 9.91. The summed E-state index contributed by atoms with van der Waals surface area (Å²) in [6, 6.07) is 7.73. The molecule has 3 N–H and O–H groups in total. The average molecular weight is 290 g/mol. The first-order valence-corrected chi connectivity index (χ1v) is 7.22. The van der Waals surface area contributed by atoms with Gasteiger partial charge in [0.05, 0.1) is 12.1 Å². The van der Waals surface area contributed by atoms with E-state index in [1.54, 1.807) is 13.8 Å². The number of hydrogen-bond acceptors (Lipinski definition) is 3. The zero-order valence-electron chi connectivity index (χ0n) is 12.5. The van der Waals surface area contributed by atoms with Crippen LogP contribution in [0, 0.1) is 5.92 Å². The van der Waals surface area contributed by atoms with E-state index in [9.17, 15) is 9.59 Å². The van der Waals surface area contributed by atoms with Crippen molar-refractivity contribution in [3.8, 4) is 0 Å². The molecule has 0 saturated heterocycles. The number of para-hydroxylation sites is 1. The van der Waals surface area contributed by atoms with Crippen molar-refractivity contribution in [3.05, 3.63) is 29.8 Å². The number of carbonyl (C=O) groups excluding carboxylic acids is 2. The van der Waals surface area contributed by atoms with Crippen LogP contribution in [0.2, 0.25) is 0 Å². The number of fused-ring (bicyclic) bond motifs is 1. The molecule has 2 amide bonds. The molecule has 114 valence electrons. The number of anilines is 1. The molecule has 1 aliphatic rings. The van der Waals surface area contributed by atoms with Crippen molar-refractivity contribution < 1.29 is 14.7 Å². The van der Waals surface area contributed by atoms with E-state index in [0.717, 1.165) is 11.3 Å². The minimum Gasteiger partial charge on any atom is -0.394 e. The van der Waals surface area contributed by atoms with Gasteiger partial charge in [-0.2, -0.15) is 0 Å². The topological polar surface area (TPSA) is 78.4 Å². The Labute approximate surface area is 124 Å². The van der Waals surface area contributed by atoms with Crippen molar-refractivity contribution in [2.45, 2.75) is 38.6 Å². The molecule has 0 aromatic heterocycles. The van der Waals surface area contributed by atoms with Gasteiger partial charge in [0.1, 0.15) is 0 Å². The summed E-state index contributed by atoms with van der Waals surface area (Å²) in [5.41, 5.74) is 1.35. The van der Waals surface area contributed by atoms with Gasteiger partial charge in [-0.25, -0.2) is 0 Å². The summed E-state index contributed by atoms with van der Waals surface area (Å²) in [6.07, 6.45) is 1.45. The van der Waals surface area contributed by atoms with E-state index < -0.39 is 5.54 Å². The molecule has 0 spiro atoms. The molecule has 1 atom stereocenters. The van der Waals surface area contributed by atoms with Gasteiger partial charge in [-0.1, -0.05) is 18.2 Å². The number of rotatable bonds is 5. The Bertz CT molecular complexity index is 540. The molecule has 1 aromatic carbocycles. The molecule has 2 rings (SSSR count). The number of carbonyl (C=O) groups is 2. The number of aliphatic hydroxyl groups is 1. The fraction of sp³-hybridized carbons (Fsp3) is 0.500. The highest BCUT2D eigenvalue weighted by Gasteiger charge is 2.27. The van der Waals surface area contributed by atoms with E-state index in [1.807, 2.05) is 24.3 Å². The number of amides is 2. The van der Waals surface area contributed by atoms with Crippen LogP contribution in [0.5, 0.6) is 0 Å². The fourth-order valence-corrected chi connectivity index (χ4v) is 2.43. The molecule has 5 nitrogen and oxygen atoms in total. The number of nitrogens with one attached hydrogen (secondary N) is 2. The minimum atomic E-state index is -0.626. The Morgan fingerprint density at radius 2 is 2.14 bits per heavy atom. The lowest BCUT2D eigenvalue weighted by Gasteiger charge is -2.26. The van der Waals surface area contributed by atoms with Crippen LogP contribution in [-0.2, 0) is 16.0 Å². The third-order valence-corrected chi connectivity index (χ3v) is 3.71. The molecule has 0 fully saturated rings. The van der Waals surface area contributed by atoms with Crippen molar-refractivity contribution in [3.63, 3.8) is 0 Å². The summed E-state index contributed by atoms with van der Waals surface area (Å²) in [6.45, 7) is 3.40. The monoisotopic (exact) mass is 290 g/mol. The maximum absolute atomic E-state index is 12.0. The van der Waals surface area contributed by atoms with Crippen LogP contribution in [0.15, 0.2) is 24.3 Å².